The van der Waals surface area contributed by atoms with Gasteiger partial charge in [0, 0.05) is 50.1 Å². The molecular weight excluding hydrogens is 768 g/mol. The first-order valence-corrected chi connectivity index (χ1v) is 16.0. The normalized spacial score (nSPS) is 11.5. The molecule has 1 unspecified atom stereocenters. The van der Waals surface area contributed by atoms with Gasteiger partial charge >= 0.3 is 0 Å². The monoisotopic (exact) mass is 802 g/mol. The Morgan fingerprint density at radius 1 is 0.562 bits per heavy atom. The molecule has 0 spiro atoms. The third kappa shape index (κ3) is 6.79. The van der Waals surface area contributed by atoms with Crippen molar-refractivity contribution in [2.24, 2.45) is 0 Å². The smallest absolute Gasteiger partial charge is 0.125 e. The number of phenolic OH excluding ortho intramolecular Hbond substituents is 1. The maximum absolute atomic E-state index is 11.4. The Labute approximate surface area is 297 Å². The van der Waals surface area contributed by atoms with Gasteiger partial charge < -0.3 is 5.11 Å². The van der Waals surface area contributed by atoms with Gasteiger partial charge in [-0.3, -0.25) is 9.97 Å². The van der Waals surface area contributed by atoms with Crippen LogP contribution in [0.1, 0.15) is 35.1 Å². The topological polar surface area (TPSA) is 46.0 Å². The number of nitrogens with zero attached hydrogens (tertiary/aromatic N) is 2. The zero-order chi connectivity index (χ0) is 32.3. The molecule has 0 radical (unpaired) electrons. The maximum Gasteiger partial charge on any atom is 0.125 e. The molecule has 7 aromatic rings. The molecule has 48 heavy (non-hydrogen) atoms. The van der Waals surface area contributed by atoms with E-state index in [0.717, 1.165) is 44.8 Å². The average molecular weight is 803 g/mol. The van der Waals surface area contributed by atoms with Crippen LogP contribution in [0.15, 0.2) is 146 Å². The van der Waals surface area contributed by atoms with E-state index in [1.54, 1.807) is 0 Å². The largest absolute Gasteiger partial charge is 0.507 e. The molecule has 0 bridgehead atoms. The number of rotatable bonds is 7. The van der Waals surface area contributed by atoms with Crippen LogP contribution in [0.2, 0.25) is 0 Å². The average Bonchev–Trinajstić information content (AvgIpc) is 3.12. The summed E-state index contributed by atoms with van der Waals surface area (Å²) in [4.78, 5) is 9.84. The molecule has 3 nitrogen and oxygen atoms in total. The summed E-state index contributed by atoms with van der Waals surface area (Å²) in [6, 6.07) is 51.0. The molecule has 2 aromatic heterocycles. The molecule has 1 N–H and O–H groups in total. The van der Waals surface area contributed by atoms with E-state index in [1.807, 2.05) is 79.0 Å². The molecule has 0 saturated heterocycles. The third-order valence-electron chi connectivity index (χ3n) is 8.91. The Morgan fingerprint density at radius 3 is 1.90 bits per heavy atom. The first-order valence-electron chi connectivity index (χ1n) is 16.0. The molecule has 0 fully saturated rings. The Bertz CT molecular complexity index is 2170. The Balaban J connectivity index is 0.00000401. The summed E-state index contributed by atoms with van der Waals surface area (Å²) in [5, 5.41) is 11.4. The van der Waals surface area contributed by atoms with Gasteiger partial charge in [-0.15, -0.1) is 24.3 Å². The maximum atomic E-state index is 11.4. The van der Waals surface area contributed by atoms with Crippen LogP contribution in [0.25, 0.3) is 56.0 Å². The second-order valence-corrected chi connectivity index (χ2v) is 12.1. The van der Waals surface area contributed by atoms with Crippen LogP contribution in [0.5, 0.6) is 5.75 Å². The van der Waals surface area contributed by atoms with E-state index in [2.05, 4.69) is 93.6 Å². The van der Waals surface area contributed by atoms with Crippen LogP contribution >= 0.6 is 0 Å². The Morgan fingerprint density at radius 2 is 1.19 bits per heavy atom. The van der Waals surface area contributed by atoms with E-state index in [9.17, 15) is 5.11 Å². The van der Waals surface area contributed by atoms with Crippen molar-refractivity contribution >= 4 is 0 Å². The molecule has 0 saturated carbocycles. The molecule has 0 amide bonds. The summed E-state index contributed by atoms with van der Waals surface area (Å²) in [7, 11) is 0. The van der Waals surface area contributed by atoms with Crippen LogP contribution in [0.4, 0.5) is 0 Å². The van der Waals surface area contributed by atoms with Crippen molar-refractivity contribution < 1.29 is 26.2 Å². The van der Waals surface area contributed by atoms with Gasteiger partial charge in [-0.25, -0.2) is 0 Å². The molecule has 7 rings (SSSR count). The molecule has 5 aromatic carbocycles. The van der Waals surface area contributed by atoms with Gasteiger partial charge in [0.25, 0.3) is 0 Å². The second kappa shape index (κ2) is 14.3. The van der Waals surface area contributed by atoms with Crippen molar-refractivity contribution in [3.8, 4) is 61.8 Å². The number of aromatic nitrogens is 2. The fraction of sp³-hybridized carbons (Fsp3) is 0.0909. The number of hydrogen-bond acceptors (Lipinski definition) is 3. The van der Waals surface area contributed by atoms with E-state index < -0.39 is 0 Å². The zero-order valence-corrected chi connectivity index (χ0v) is 29.4. The number of aromatic hydroxyl groups is 1. The third-order valence-corrected chi connectivity index (χ3v) is 8.91. The van der Waals surface area contributed by atoms with E-state index in [1.165, 1.54) is 22.3 Å². The summed E-state index contributed by atoms with van der Waals surface area (Å²) in [5.74, 6) is 0.355. The minimum absolute atomic E-state index is 0. The fourth-order valence-corrected chi connectivity index (χ4v) is 6.34. The van der Waals surface area contributed by atoms with Crippen LogP contribution in [0.3, 0.4) is 0 Å². The summed E-state index contributed by atoms with van der Waals surface area (Å²) in [6.45, 7) is 6.45. The van der Waals surface area contributed by atoms with Crippen molar-refractivity contribution in [1.82, 2.24) is 9.97 Å². The van der Waals surface area contributed by atoms with Crippen LogP contribution < -0.4 is 0 Å². The number of benzene rings is 5. The quantitative estimate of drug-likeness (QED) is 0.163. The van der Waals surface area contributed by atoms with Crippen molar-refractivity contribution in [1.29, 1.82) is 0 Å². The van der Waals surface area contributed by atoms with E-state index in [-0.39, 0.29) is 32.7 Å². The first kappa shape index (κ1) is 32.8. The van der Waals surface area contributed by atoms with E-state index in [4.69, 9.17) is 9.97 Å². The summed E-state index contributed by atoms with van der Waals surface area (Å²) < 4.78 is 0. The standard InChI is InChI=1S/C44H35N2O.Pt/c1-29-12-10-13-30(2)44(29)37-22-23-45-40(25-37)35-18-11-19-36(24-35)41-26-38(33-16-8-5-9-17-33)27-42(46-41)39-21-20-34(28-43(39)47)31(3)32-14-6-4-7-15-32;/h4-23,25-28,31,47H,1-3H3;/q-1;. The minimum Gasteiger partial charge on any atom is -0.507 e. The van der Waals surface area contributed by atoms with Crippen molar-refractivity contribution in [2.75, 3.05) is 0 Å². The molecule has 0 aliphatic carbocycles. The first-order chi connectivity index (χ1) is 22.9. The van der Waals surface area contributed by atoms with Gasteiger partial charge in [0.05, 0.1) is 5.69 Å². The van der Waals surface area contributed by atoms with E-state index in [0.29, 0.717) is 11.3 Å². The van der Waals surface area contributed by atoms with Gasteiger partial charge in [0.15, 0.2) is 0 Å². The zero-order valence-electron chi connectivity index (χ0n) is 27.1. The van der Waals surface area contributed by atoms with Gasteiger partial charge in [-0.1, -0.05) is 115 Å². The Kier molecular flexibility index (Phi) is 9.80. The molecule has 2 heterocycles. The fourth-order valence-electron chi connectivity index (χ4n) is 6.34. The van der Waals surface area contributed by atoms with Gasteiger partial charge in [0.2, 0.25) is 0 Å². The number of aryl methyl sites for hydroxylation is 2. The van der Waals surface area contributed by atoms with Gasteiger partial charge in [-0.05, 0) is 82.6 Å². The van der Waals surface area contributed by atoms with Gasteiger partial charge in [0.1, 0.15) is 5.75 Å². The van der Waals surface area contributed by atoms with Crippen molar-refractivity contribution in [3.63, 3.8) is 0 Å². The SMILES string of the molecule is Cc1cccc(C)c1-c1ccnc(-c2[c-]c(-c3cc(-c4ccccc4)cc(-c4ccc(C(C)c5ccccc5)cc4O)n3)ccc2)c1.[Pt]. The number of pyridine rings is 2. The van der Waals surface area contributed by atoms with Crippen LogP contribution in [-0.4, -0.2) is 15.1 Å². The molecular formula is C44H35N2OPt-. The summed E-state index contributed by atoms with van der Waals surface area (Å²) in [6.07, 6.45) is 1.87. The molecule has 0 aliphatic rings. The van der Waals surface area contributed by atoms with Crippen LogP contribution in [-0.2, 0) is 21.1 Å². The predicted octanol–water partition coefficient (Wildman–Crippen LogP) is 11.1. The molecule has 4 heteroatoms. The number of phenols is 1. The summed E-state index contributed by atoms with van der Waals surface area (Å²) in [5.41, 5.74) is 14.0. The minimum atomic E-state index is 0. The Hall–Kier alpha value is -5.11. The second-order valence-electron chi connectivity index (χ2n) is 12.1. The van der Waals surface area contributed by atoms with Crippen LogP contribution in [0, 0.1) is 19.9 Å². The number of hydrogen-bond donors (Lipinski definition) is 1. The van der Waals surface area contributed by atoms with Gasteiger partial charge in [-0.2, -0.15) is 0 Å². The molecule has 1 atom stereocenters. The molecule has 238 valence electrons. The molecule has 0 aliphatic heterocycles. The van der Waals surface area contributed by atoms with Crippen molar-refractivity contribution in [3.05, 3.63) is 174 Å². The predicted molar refractivity (Wildman–Crippen MR) is 193 cm³/mol. The van der Waals surface area contributed by atoms with E-state index >= 15 is 0 Å². The van der Waals surface area contributed by atoms with Crippen molar-refractivity contribution in [2.45, 2.75) is 26.7 Å². The summed E-state index contributed by atoms with van der Waals surface area (Å²) >= 11 is 0.